The molecule has 2 fully saturated rings. The molecule has 0 saturated carbocycles. The molecule has 158 valence electrons. The number of anilines is 2. The SMILES string of the molecule is CC1(c2ccc(C#N)cc2)NC(=O)N(CC(=O)Nc2ccc(N3CCCC3)cc2)C1=O. The van der Waals surface area contributed by atoms with E-state index in [1.54, 1.807) is 31.2 Å². The molecule has 1 atom stereocenters. The van der Waals surface area contributed by atoms with Crippen molar-refractivity contribution in [3.63, 3.8) is 0 Å². The van der Waals surface area contributed by atoms with Crippen molar-refractivity contribution in [2.24, 2.45) is 0 Å². The highest BCUT2D eigenvalue weighted by Crippen LogP contribution is 2.29. The summed E-state index contributed by atoms with van der Waals surface area (Å²) in [4.78, 5) is 41.1. The van der Waals surface area contributed by atoms with Crippen LogP contribution in [0.1, 0.15) is 30.9 Å². The maximum atomic E-state index is 13.0. The number of rotatable bonds is 5. The number of nitrogens with zero attached hydrogens (tertiary/aromatic N) is 3. The van der Waals surface area contributed by atoms with E-state index in [-0.39, 0.29) is 6.54 Å². The summed E-state index contributed by atoms with van der Waals surface area (Å²) >= 11 is 0. The second kappa shape index (κ2) is 8.11. The Kier molecular flexibility index (Phi) is 5.34. The fraction of sp³-hybridized carbons (Fsp3) is 0.304. The van der Waals surface area contributed by atoms with Crippen LogP contribution in [0.25, 0.3) is 0 Å². The standard InChI is InChI=1S/C23H23N5O3/c1-23(17-6-4-16(14-24)5-7-17)21(30)28(22(31)26-23)15-20(29)25-18-8-10-19(11-9-18)27-12-2-3-13-27/h4-11H,2-3,12-13,15H2,1H3,(H,25,29)(H,26,31). The topological polar surface area (TPSA) is 106 Å². The summed E-state index contributed by atoms with van der Waals surface area (Å²) in [5.74, 6) is -0.969. The molecule has 0 aliphatic carbocycles. The van der Waals surface area contributed by atoms with E-state index >= 15 is 0 Å². The van der Waals surface area contributed by atoms with E-state index in [1.807, 2.05) is 30.3 Å². The Morgan fingerprint density at radius 3 is 2.35 bits per heavy atom. The van der Waals surface area contributed by atoms with Crippen molar-refractivity contribution >= 4 is 29.2 Å². The average Bonchev–Trinajstić information content (AvgIpc) is 3.38. The number of imide groups is 1. The van der Waals surface area contributed by atoms with Gasteiger partial charge in [0, 0.05) is 24.5 Å². The highest BCUT2D eigenvalue weighted by Gasteiger charge is 2.49. The third-order valence-corrected chi connectivity index (χ3v) is 5.79. The first-order valence-corrected chi connectivity index (χ1v) is 10.2. The molecule has 2 heterocycles. The van der Waals surface area contributed by atoms with Gasteiger partial charge in [-0.2, -0.15) is 5.26 Å². The number of urea groups is 1. The fourth-order valence-electron chi connectivity index (χ4n) is 3.99. The lowest BCUT2D eigenvalue weighted by Crippen LogP contribution is -2.42. The normalized spacial score (nSPS) is 20.5. The summed E-state index contributed by atoms with van der Waals surface area (Å²) in [6.45, 7) is 3.28. The summed E-state index contributed by atoms with van der Waals surface area (Å²) in [5.41, 5.74) is 1.43. The molecule has 2 N–H and O–H groups in total. The second-order valence-electron chi connectivity index (χ2n) is 7.92. The number of nitrogens with one attached hydrogen (secondary N) is 2. The first-order chi connectivity index (χ1) is 14.9. The zero-order chi connectivity index (χ0) is 22.0. The smallest absolute Gasteiger partial charge is 0.325 e. The molecule has 2 aliphatic heterocycles. The molecule has 0 bridgehead atoms. The van der Waals surface area contributed by atoms with Gasteiger partial charge >= 0.3 is 6.03 Å². The molecule has 0 spiro atoms. The molecule has 8 nitrogen and oxygen atoms in total. The van der Waals surface area contributed by atoms with Crippen LogP contribution in [-0.4, -0.2) is 42.4 Å². The molecule has 1 unspecified atom stereocenters. The number of carbonyl (C=O) groups excluding carboxylic acids is 3. The predicted octanol–water partition coefficient (Wildman–Crippen LogP) is 2.56. The molecule has 0 radical (unpaired) electrons. The van der Waals surface area contributed by atoms with Gasteiger partial charge in [0.25, 0.3) is 5.91 Å². The monoisotopic (exact) mass is 417 g/mol. The first kappa shape index (κ1) is 20.4. The molecule has 4 amide bonds. The van der Waals surface area contributed by atoms with Crippen molar-refractivity contribution in [1.82, 2.24) is 10.2 Å². The fourth-order valence-corrected chi connectivity index (χ4v) is 3.99. The van der Waals surface area contributed by atoms with Gasteiger partial charge in [-0.15, -0.1) is 0 Å². The number of nitriles is 1. The van der Waals surface area contributed by atoms with E-state index < -0.39 is 23.4 Å². The number of hydrogen-bond donors (Lipinski definition) is 2. The molecule has 2 aromatic rings. The summed E-state index contributed by atoms with van der Waals surface area (Å²) in [6.07, 6.45) is 2.37. The molecule has 2 aliphatic rings. The van der Waals surface area contributed by atoms with Crippen LogP contribution < -0.4 is 15.5 Å². The zero-order valence-electron chi connectivity index (χ0n) is 17.2. The Morgan fingerprint density at radius 1 is 1.10 bits per heavy atom. The average molecular weight is 417 g/mol. The van der Waals surface area contributed by atoms with Gasteiger partial charge in [0.1, 0.15) is 12.1 Å². The molecule has 0 aromatic heterocycles. The van der Waals surface area contributed by atoms with Crippen molar-refractivity contribution in [2.75, 3.05) is 29.9 Å². The summed E-state index contributed by atoms with van der Waals surface area (Å²) < 4.78 is 0. The van der Waals surface area contributed by atoms with Gasteiger partial charge in [0.2, 0.25) is 5.91 Å². The van der Waals surface area contributed by atoms with E-state index in [4.69, 9.17) is 5.26 Å². The van der Waals surface area contributed by atoms with Crippen LogP contribution in [0.5, 0.6) is 0 Å². The van der Waals surface area contributed by atoms with Crippen LogP contribution in [0.15, 0.2) is 48.5 Å². The van der Waals surface area contributed by atoms with Crippen LogP contribution in [0, 0.1) is 11.3 Å². The number of hydrogen-bond acceptors (Lipinski definition) is 5. The van der Waals surface area contributed by atoms with Gasteiger partial charge in [-0.1, -0.05) is 12.1 Å². The molecular weight excluding hydrogens is 394 g/mol. The van der Waals surface area contributed by atoms with Crippen LogP contribution >= 0.6 is 0 Å². The van der Waals surface area contributed by atoms with Gasteiger partial charge in [-0.3, -0.25) is 14.5 Å². The Morgan fingerprint density at radius 2 is 1.74 bits per heavy atom. The summed E-state index contributed by atoms with van der Waals surface area (Å²) in [6, 6.07) is 15.4. The molecule has 2 saturated heterocycles. The molecule has 2 aromatic carbocycles. The molecular formula is C23H23N5O3. The molecule has 31 heavy (non-hydrogen) atoms. The summed E-state index contributed by atoms with van der Waals surface area (Å²) in [7, 11) is 0. The Hall–Kier alpha value is -3.86. The van der Waals surface area contributed by atoms with E-state index in [0.717, 1.165) is 23.7 Å². The van der Waals surface area contributed by atoms with Gasteiger partial charge < -0.3 is 15.5 Å². The Bertz CT molecular complexity index is 1050. The van der Waals surface area contributed by atoms with E-state index in [1.165, 1.54) is 12.8 Å². The Balaban J connectivity index is 1.41. The second-order valence-corrected chi connectivity index (χ2v) is 7.92. The number of amides is 4. The van der Waals surface area contributed by atoms with Crippen molar-refractivity contribution in [1.29, 1.82) is 5.26 Å². The maximum absolute atomic E-state index is 13.0. The minimum Gasteiger partial charge on any atom is -0.372 e. The van der Waals surface area contributed by atoms with Crippen molar-refractivity contribution in [2.45, 2.75) is 25.3 Å². The highest BCUT2D eigenvalue weighted by atomic mass is 16.2. The van der Waals surface area contributed by atoms with E-state index in [9.17, 15) is 14.4 Å². The largest absolute Gasteiger partial charge is 0.372 e. The van der Waals surface area contributed by atoms with Gasteiger partial charge in [-0.25, -0.2) is 4.79 Å². The molecule has 8 heteroatoms. The number of carbonyl (C=O) groups is 3. The predicted molar refractivity (Wildman–Crippen MR) is 115 cm³/mol. The number of benzene rings is 2. The quantitative estimate of drug-likeness (QED) is 0.728. The minimum absolute atomic E-state index is 0.385. The third kappa shape index (κ3) is 3.94. The van der Waals surface area contributed by atoms with Gasteiger partial charge in [0.15, 0.2) is 0 Å². The van der Waals surface area contributed by atoms with Gasteiger partial charge in [0.05, 0.1) is 11.6 Å². The third-order valence-electron chi connectivity index (χ3n) is 5.79. The first-order valence-electron chi connectivity index (χ1n) is 10.2. The highest BCUT2D eigenvalue weighted by molar-refractivity contribution is 6.10. The van der Waals surface area contributed by atoms with Gasteiger partial charge in [-0.05, 0) is 61.7 Å². The van der Waals surface area contributed by atoms with E-state index in [0.29, 0.717) is 16.8 Å². The maximum Gasteiger partial charge on any atom is 0.325 e. The van der Waals surface area contributed by atoms with Crippen molar-refractivity contribution < 1.29 is 14.4 Å². The lowest BCUT2D eigenvalue weighted by atomic mass is 9.91. The zero-order valence-corrected chi connectivity index (χ0v) is 17.2. The van der Waals surface area contributed by atoms with Crippen LogP contribution in [0.3, 0.4) is 0 Å². The molecule has 4 rings (SSSR count). The Labute approximate surface area is 180 Å². The lowest BCUT2D eigenvalue weighted by molar-refractivity contribution is -0.133. The van der Waals surface area contributed by atoms with Crippen molar-refractivity contribution in [3.8, 4) is 6.07 Å². The lowest BCUT2D eigenvalue weighted by Gasteiger charge is -2.22. The van der Waals surface area contributed by atoms with Crippen LogP contribution in [-0.2, 0) is 15.1 Å². The van der Waals surface area contributed by atoms with E-state index in [2.05, 4.69) is 15.5 Å². The summed E-state index contributed by atoms with van der Waals surface area (Å²) in [5, 5.41) is 14.3. The minimum atomic E-state index is -1.29. The van der Waals surface area contributed by atoms with Crippen molar-refractivity contribution in [3.05, 3.63) is 59.7 Å². The van der Waals surface area contributed by atoms with Crippen LogP contribution in [0.4, 0.5) is 16.2 Å². The van der Waals surface area contributed by atoms with Crippen LogP contribution in [0.2, 0.25) is 0 Å².